The summed E-state index contributed by atoms with van der Waals surface area (Å²) in [7, 11) is 1.48. The van der Waals surface area contributed by atoms with E-state index in [-0.39, 0.29) is 12.5 Å². The molecule has 2 rings (SSSR count). The molecule has 23 heavy (non-hydrogen) atoms. The van der Waals surface area contributed by atoms with E-state index in [0.717, 1.165) is 5.56 Å². The summed E-state index contributed by atoms with van der Waals surface area (Å²) in [5.74, 6) is 0.542. The maximum absolute atomic E-state index is 11.9. The summed E-state index contributed by atoms with van der Waals surface area (Å²) < 4.78 is 11.3. The van der Waals surface area contributed by atoms with Crippen molar-refractivity contribution in [2.24, 2.45) is 0 Å². The molecule has 0 aromatic heterocycles. The molecular formula is C17H15BrN2O3. The number of ether oxygens (including phenoxy) is 2. The van der Waals surface area contributed by atoms with Crippen LogP contribution in [-0.2, 0) is 11.3 Å². The monoisotopic (exact) mass is 374 g/mol. The molecule has 118 valence electrons. The second-order valence-corrected chi connectivity index (χ2v) is 5.51. The predicted octanol–water partition coefficient (Wildman–Crippen LogP) is 3.02. The van der Waals surface area contributed by atoms with Gasteiger partial charge in [-0.15, -0.1) is 0 Å². The number of carbonyl (C=O) groups excluding carboxylic acids is 1. The third-order valence-corrected chi connectivity index (χ3v) is 3.63. The van der Waals surface area contributed by atoms with Crippen LogP contribution in [0, 0.1) is 11.3 Å². The fourth-order valence-corrected chi connectivity index (χ4v) is 2.47. The lowest BCUT2D eigenvalue weighted by Gasteiger charge is -2.13. The minimum atomic E-state index is -0.243. The number of rotatable bonds is 6. The van der Waals surface area contributed by atoms with Gasteiger partial charge in [0.1, 0.15) is 0 Å². The molecule has 2 aromatic rings. The molecule has 0 radical (unpaired) electrons. The van der Waals surface area contributed by atoms with E-state index in [9.17, 15) is 4.79 Å². The van der Waals surface area contributed by atoms with Crippen molar-refractivity contribution in [3.63, 3.8) is 0 Å². The van der Waals surface area contributed by atoms with E-state index in [4.69, 9.17) is 14.7 Å². The van der Waals surface area contributed by atoms with Crippen molar-refractivity contribution in [2.45, 2.75) is 6.54 Å². The SMILES string of the molecule is COc1cc(C#N)cc(Br)c1OCC(=O)NCc1ccccc1. The van der Waals surface area contributed by atoms with Crippen molar-refractivity contribution >= 4 is 21.8 Å². The average Bonchev–Trinajstić information content (AvgIpc) is 2.59. The molecule has 2 aromatic carbocycles. The fraction of sp³-hybridized carbons (Fsp3) is 0.176. The van der Waals surface area contributed by atoms with Crippen molar-refractivity contribution in [3.05, 3.63) is 58.1 Å². The van der Waals surface area contributed by atoms with Crippen LogP contribution in [0.5, 0.6) is 11.5 Å². The third kappa shape index (κ3) is 4.73. The quantitative estimate of drug-likeness (QED) is 0.843. The average molecular weight is 375 g/mol. The first-order valence-electron chi connectivity index (χ1n) is 6.85. The van der Waals surface area contributed by atoms with Gasteiger partial charge in [-0.05, 0) is 27.6 Å². The van der Waals surface area contributed by atoms with Gasteiger partial charge in [-0.2, -0.15) is 5.26 Å². The summed E-state index contributed by atoms with van der Waals surface area (Å²) in [6.07, 6.45) is 0. The van der Waals surface area contributed by atoms with Gasteiger partial charge in [0.2, 0.25) is 0 Å². The van der Waals surface area contributed by atoms with E-state index in [1.807, 2.05) is 36.4 Å². The molecule has 1 amide bonds. The molecular weight excluding hydrogens is 360 g/mol. The van der Waals surface area contributed by atoms with Crippen LogP contribution in [0.15, 0.2) is 46.9 Å². The number of nitrogens with one attached hydrogen (secondary N) is 1. The molecule has 0 atom stereocenters. The highest BCUT2D eigenvalue weighted by molar-refractivity contribution is 9.10. The zero-order valence-corrected chi connectivity index (χ0v) is 14.1. The van der Waals surface area contributed by atoms with Crippen LogP contribution < -0.4 is 14.8 Å². The molecule has 0 bridgehead atoms. The Bertz CT molecular complexity index is 727. The second-order valence-electron chi connectivity index (χ2n) is 4.65. The van der Waals surface area contributed by atoms with Gasteiger partial charge in [-0.25, -0.2) is 0 Å². The van der Waals surface area contributed by atoms with Crippen molar-refractivity contribution in [1.82, 2.24) is 5.32 Å². The second kappa shape index (κ2) is 8.20. The van der Waals surface area contributed by atoms with Gasteiger partial charge in [0.15, 0.2) is 18.1 Å². The van der Waals surface area contributed by atoms with Crippen molar-refractivity contribution in [2.75, 3.05) is 13.7 Å². The first kappa shape index (κ1) is 16.8. The van der Waals surface area contributed by atoms with E-state index >= 15 is 0 Å². The van der Waals surface area contributed by atoms with Crippen LogP contribution in [0.2, 0.25) is 0 Å². The van der Waals surface area contributed by atoms with Gasteiger partial charge >= 0.3 is 0 Å². The number of halogens is 1. The number of nitriles is 1. The van der Waals surface area contributed by atoms with Crippen LogP contribution >= 0.6 is 15.9 Å². The maximum atomic E-state index is 11.9. The molecule has 0 unspecified atom stereocenters. The Kier molecular flexibility index (Phi) is 6.01. The van der Waals surface area contributed by atoms with E-state index in [1.165, 1.54) is 7.11 Å². The van der Waals surface area contributed by atoms with Crippen molar-refractivity contribution < 1.29 is 14.3 Å². The standard InChI is InChI=1S/C17H15BrN2O3/c1-22-15-8-13(9-19)7-14(18)17(15)23-11-16(21)20-10-12-5-3-2-4-6-12/h2-8H,10-11H2,1H3,(H,20,21). The Morgan fingerprint density at radius 1 is 1.30 bits per heavy atom. The van der Waals surface area contributed by atoms with Crippen LogP contribution in [0.1, 0.15) is 11.1 Å². The van der Waals surface area contributed by atoms with Gasteiger partial charge < -0.3 is 14.8 Å². The summed E-state index contributed by atoms with van der Waals surface area (Å²) in [5.41, 5.74) is 1.45. The summed E-state index contributed by atoms with van der Waals surface area (Å²) >= 11 is 3.32. The Hall–Kier alpha value is -2.52. The summed E-state index contributed by atoms with van der Waals surface area (Å²) in [4.78, 5) is 11.9. The highest BCUT2D eigenvalue weighted by Crippen LogP contribution is 2.36. The maximum Gasteiger partial charge on any atom is 0.258 e. The summed E-state index contributed by atoms with van der Waals surface area (Å²) in [6, 6.07) is 14.8. The van der Waals surface area contributed by atoms with Gasteiger partial charge in [0.25, 0.3) is 5.91 Å². The first-order chi connectivity index (χ1) is 11.1. The predicted molar refractivity (Wildman–Crippen MR) is 89.2 cm³/mol. The van der Waals surface area contributed by atoms with E-state index < -0.39 is 0 Å². The smallest absolute Gasteiger partial charge is 0.258 e. The molecule has 0 aliphatic heterocycles. The number of hydrogen-bond donors (Lipinski definition) is 1. The lowest BCUT2D eigenvalue weighted by Crippen LogP contribution is -2.28. The number of amides is 1. The number of benzene rings is 2. The van der Waals surface area contributed by atoms with Crippen LogP contribution in [0.3, 0.4) is 0 Å². The van der Waals surface area contributed by atoms with Crippen molar-refractivity contribution in [1.29, 1.82) is 5.26 Å². The van der Waals surface area contributed by atoms with Crippen molar-refractivity contribution in [3.8, 4) is 17.6 Å². The molecule has 0 heterocycles. The highest BCUT2D eigenvalue weighted by atomic mass is 79.9. The lowest BCUT2D eigenvalue weighted by molar-refractivity contribution is -0.123. The molecule has 5 nitrogen and oxygen atoms in total. The van der Waals surface area contributed by atoms with Gasteiger partial charge in [-0.3, -0.25) is 4.79 Å². The molecule has 1 N–H and O–H groups in total. The Balaban J connectivity index is 1.95. The zero-order chi connectivity index (χ0) is 16.7. The van der Waals surface area contributed by atoms with Crippen LogP contribution in [0.25, 0.3) is 0 Å². The Morgan fingerprint density at radius 3 is 2.70 bits per heavy atom. The summed E-state index contributed by atoms with van der Waals surface area (Å²) in [5, 5.41) is 11.7. The largest absolute Gasteiger partial charge is 0.493 e. The number of methoxy groups -OCH3 is 1. The minimum Gasteiger partial charge on any atom is -0.493 e. The topological polar surface area (TPSA) is 71.3 Å². The van der Waals surface area contributed by atoms with Gasteiger partial charge in [0.05, 0.1) is 23.2 Å². The van der Waals surface area contributed by atoms with E-state index in [1.54, 1.807) is 12.1 Å². The van der Waals surface area contributed by atoms with Gasteiger partial charge in [-0.1, -0.05) is 30.3 Å². The van der Waals surface area contributed by atoms with E-state index in [0.29, 0.717) is 28.1 Å². The molecule has 6 heteroatoms. The molecule has 0 aliphatic rings. The molecule has 0 aliphatic carbocycles. The Labute approximate surface area is 143 Å². The molecule has 0 fully saturated rings. The fourth-order valence-electron chi connectivity index (χ4n) is 1.91. The number of hydrogen-bond acceptors (Lipinski definition) is 4. The lowest BCUT2D eigenvalue weighted by atomic mass is 10.2. The summed E-state index contributed by atoms with van der Waals surface area (Å²) in [6.45, 7) is 0.294. The molecule has 0 saturated heterocycles. The van der Waals surface area contributed by atoms with Crippen LogP contribution in [0.4, 0.5) is 0 Å². The number of nitrogens with zero attached hydrogens (tertiary/aromatic N) is 1. The normalized spacial score (nSPS) is 9.78. The Morgan fingerprint density at radius 2 is 2.04 bits per heavy atom. The number of carbonyl (C=O) groups is 1. The van der Waals surface area contributed by atoms with E-state index in [2.05, 4.69) is 21.2 Å². The first-order valence-corrected chi connectivity index (χ1v) is 7.64. The molecule has 0 spiro atoms. The van der Waals surface area contributed by atoms with Crippen LogP contribution in [-0.4, -0.2) is 19.6 Å². The molecule has 0 saturated carbocycles. The van der Waals surface area contributed by atoms with Gasteiger partial charge in [0, 0.05) is 12.6 Å². The minimum absolute atomic E-state index is 0.145. The third-order valence-electron chi connectivity index (χ3n) is 3.04. The zero-order valence-electron chi connectivity index (χ0n) is 12.5. The highest BCUT2D eigenvalue weighted by Gasteiger charge is 2.13.